The fraction of sp³-hybridized carbons (Fsp3) is 0.684. The van der Waals surface area contributed by atoms with Gasteiger partial charge in [0, 0.05) is 5.56 Å². The molecule has 118 valence electrons. The molecule has 2 rings (SSSR count). The Balaban J connectivity index is 2.04. The molecule has 1 fully saturated rings. The lowest BCUT2D eigenvalue weighted by Crippen LogP contribution is -2.14. The van der Waals surface area contributed by atoms with Gasteiger partial charge in [-0.2, -0.15) is 0 Å². The van der Waals surface area contributed by atoms with E-state index in [-0.39, 0.29) is 17.2 Å². The Morgan fingerprint density at radius 3 is 2.10 bits per heavy atom. The predicted octanol–water partition coefficient (Wildman–Crippen LogP) is 6.38. The van der Waals surface area contributed by atoms with Gasteiger partial charge in [-0.15, -0.1) is 0 Å². The van der Waals surface area contributed by atoms with Crippen molar-refractivity contribution in [3.8, 4) is 0 Å². The first-order valence-electron chi connectivity index (χ1n) is 8.63. The van der Waals surface area contributed by atoms with Crippen LogP contribution in [0.1, 0.15) is 82.3 Å². The fourth-order valence-corrected chi connectivity index (χ4v) is 3.64. The Kier molecular flexibility index (Phi) is 6.20. The lowest BCUT2D eigenvalue weighted by molar-refractivity contribution is 0.307. The molecule has 2 heteroatoms. The van der Waals surface area contributed by atoms with E-state index in [2.05, 4.69) is 6.92 Å². The molecule has 0 amide bonds. The Hall–Kier alpha value is -0.920. The lowest BCUT2D eigenvalue weighted by Gasteiger charge is -2.29. The van der Waals surface area contributed by atoms with E-state index in [1.807, 2.05) is 6.92 Å². The molecule has 21 heavy (non-hydrogen) atoms. The van der Waals surface area contributed by atoms with Gasteiger partial charge in [-0.25, -0.2) is 8.78 Å². The maximum Gasteiger partial charge on any atom is 0.129 e. The van der Waals surface area contributed by atoms with Gasteiger partial charge < -0.3 is 0 Å². The predicted molar refractivity (Wildman–Crippen MR) is 84.6 cm³/mol. The summed E-state index contributed by atoms with van der Waals surface area (Å²) in [5.74, 6) is 0.496. The molecule has 0 radical (unpaired) electrons. The van der Waals surface area contributed by atoms with Gasteiger partial charge >= 0.3 is 0 Å². The topological polar surface area (TPSA) is 0 Å². The van der Waals surface area contributed by atoms with Crippen molar-refractivity contribution in [2.24, 2.45) is 5.92 Å². The lowest BCUT2D eigenvalue weighted by atomic mass is 9.77. The molecule has 0 heterocycles. The van der Waals surface area contributed by atoms with Crippen LogP contribution >= 0.6 is 0 Å². The van der Waals surface area contributed by atoms with Gasteiger partial charge in [0.2, 0.25) is 0 Å². The van der Waals surface area contributed by atoms with Gasteiger partial charge in [0.25, 0.3) is 0 Å². The minimum Gasteiger partial charge on any atom is -0.207 e. The largest absolute Gasteiger partial charge is 0.207 e. The van der Waals surface area contributed by atoms with E-state index in [4.69, 9.17) is 0 Å². The Morgan fingerprint density at radius 1 is 0.952 bits per heavy atom. The molecular weight excluding hydrogens is 266 g/mol. The Bertz CT molecular complexity index is 422. The molecular formula is C19H28F2. The van der Waals surface area contributed by atoms with E-state index in [1.54, 1.807) is 12.1 Å². The second-order valence-electron chi connectivity index (χ2n) is 6.57. The number of hydrogen-bond donors (Lipinski definition) is 0. The summed E-state index contributed by atoms with van der Waals surface area (Å²) in [6.07, 6.45) is 9.43. The number of benzene rings is 1. The highest BCUT2D eigenvalue weighted by molar-refractivity contribution is 5.29. The highest BCUT2D eigenvalue weighted by atomic mass is 19.1. The minimum absolute atomic E-state index is 0.278. The zero-order valence-electron chi connectivity index (χ0n) is 13.4. The van der Waals surface area contributed by atoms with Crippen LogP contribution in [0.3, 0.4) is 0 Å². The number of halogens is 2. The van der Waals surface area contributed by atoms with Crippen LogP contribution in [0.5, 0.6) is 0 Å². The van der Waals surface area contributed by atoms with E-state index in [9.17, 15) is 8.78 Å². The van der Waals surface area contributed by atoms with Gasteiger partial charge in [-0.05, 0) is 68.1 Å². The molecule has 0 atom stereocenters. The van der Waals surface area contributed by atoms with Crippen LogP contribution < -0.4 is 0 Å². The molecule has 0 aromatic heterocycles. The Morgan fingerprint density at radius 2 is 1.57 bits per heavy atom. The molecule has 0 unspecified atom stereocenters. The first kappa shape index (κ1) is 16.5. The first-order chi connectivity index (χ1) is 10.2. The van der Waals surface area contributed by atoms with Crippen molar-refractivity contribution in [1.82, 2.24) is 0 Å². The standard InChI is InChI=1S/C19H28F2/c1-3-5-7-17-18(20)12-16(13-19(17)21)15-10-8-14(6-4-2)9-11-15/h12-15H,3-11H2,1-2H3/t14-,15-. The minimum atomic E-state index is -0.339. The van der Waals surface area contributed by atoms with E-state index in [0.29, 0.717) is 12.3 Å². The van der Waals surface area contributed by atoms with Crippen molar-refractivity contribution in [3.05, 3.63) is 34.9 Å². The summed E-state index contributed by atoms with van der Waals surface area (Å²) < 4.78 is 28.3. The van der Waals surface area contributed by atoms with Crippen molar-refractivity contribution in [1.29, 1.82) is 0 Å². The molecule has 0 aliphatic heterocycles. The van der Waals surface area contributed by atoms with Crippen LogP contribution in [0.2, 0.25) is 0 Å². The van der Waals surface area contributed by atoms with Gasteiger partial charge in [-0.1, -0.05) is 33.1 Å². The van der Waals surface area contributed by atoms with E-state index >= 15 is 0 Å². The van der Waals surface area contributed by atoms with Crippen LogP contribution in [0.25, 0.3) is 0 Å². The zero-order valence-corrected chi connectivity index (χ0v) is 13.4. The van der Waals surface area contributed by atoms with Gasteiger partial charge in [0.15, 0.2) is 0 Å². The van der Waals surface area contributed by atoms with Crippen LogP contribution in [0, 0.1) is 17.6 Å². The molecule has 1 aliphatic carbocycles. The van der Waals surface area contributed by atoms with Crippen LogP contribution in [0.15, 0.2) is 12.1 Å². The molecule has 0 bridgehead atoms. The van der Waals surface area contributed by atoms with Crippen molar-refractivity contribution in [2.45, 2.75) is 77.6 Å². The third-order valence-electron chi connectivity index (χ3n) is 4.96. The maximum atomic E-state index is 14.1. The summed E-state index contributed by atoms with van der Waals surface area (Å²) in [5, 5.41) is 0. The summed E-state index contributed by atoms with van der Waals surface area (Å²) in [5.41, 5.74) is 1.15. The first-order valence-corrected chi connectivity index (χ1v) is 8.63. The SMILES string of the molecule is CCCCc1c(F)cc([C@H]2CC[C@H](CCC)CC2)cc1F. The van der Waals surface area contributed by atoms with Crippen LogP contribution in [-0.4, -0.2) is 0 Å². The third kappa shape index (κ3) is 4.28. The third-order valence-corrected chi connectivity index (χ3v) is 4.96. The van der Waals surface area contributed by atoms with Crippen LogP contribution in [0.4, 0.5) is 8.78 Å². The van der Waals surface area contributed by atoms with E-state index in [0.717, 1.165) is 37.2 Å². The fourth-order valence-electron chi connectivity index (χ4n) is 3.64. The second kappa shape index (κ2) is 7.91. The molecule has 0 N–H and O–H groups in total. The molecule has 1 saturated carbocycles. The van der Waals surface area contributed by atoms with E-state index < -0.39 is 0 Å². The van der Waals surface area contributed by atoms with Crippen LogP contribution in [-0.2, 0) is 6.42 Å². The zero-order chi connectivity index (χ0) is 15.2. The highest BCUT2D eigenvalue weighted by Crippen LogP contribution is 2.38. The van der Waals surface area contributed by atoms with Gasteiger partial charge in [-0.3, -0.25) is 0 Å². The normalized spacial score (nSPS) is 22.5. The summed E-state index contributed by atoms with van der Waals surface area (Å²) in [4.78, 5) is 0. The number of hydrogen-bond acceptors (Lipinski definition) is 0. The monoisotopic (exact) mass is 294 g/mol. The van der Waals surface area contributed by atoms with Crippen molar-refractivity contribution in [3.63, 3.8) is 0 Å². The summed E-state index contributed by atoms with van der Waals surface area (Å²) in [6.45, 7) is 4.27. The summed E-state index contributed by atoms with van der Waals surface area (Å²) >= 11 is 0. The van der Waals surface area contributed by atoms with Crippen molar-refractivity contribution < 1.29 is 8.78 Å². The number of rotatable bonds is 6. The van der Waals surface area contributed by atoms with Crippen molar-refractivity contribution in [2.75, 3.05) is 0 Å². The summed E-state index contributed by atoms with van der Waals surface area (Å²) in [7, 11) is 0. The Labute approximate surface area is 128 Å². The molecule has 1 aromatic carbocycles. The second-order valence-corrected chi connectivity index (χ2v) is 6.57. The van der Waals surface area contributed by atoms with Crippen molar-refractivity contribution >= 4 is 0 Å². The maximum absolute atomic E-state index is 14.1. The van der Waals surface area contributed by atoms with E-state index in [1.165, 1.54) is 25.7 Å². The highest BCUT2D eigenvalue weighted by Gasteiger charge is 2.23. The summed E-state index contributed by atoms with van der Waals surface area (Å²) in [6, 6.07) is 3.19. The quantitative estimate of drug-likeness (QED) is 0.571. The average molecular weight is 294 g/mol. The molecule has 0 nitrogen and oxygen atoms in total. The molecule has 0 spiro atoms. The van der Waals surface area contributed by atoms with Gasteiger partial charge in [0.1, 0.15) is 11.6 Å². The molecule has 1 aromatic rings. The molecule has 1 aliphatic rings. The van der Waals surface area contributed by atoms with Gasteiger partial charge in [0.05, 0.1) is 0 Å². The molecule has 0 saturated heterocycles. The smallest absolute Gasteiger partial charge is 0.129 e. The average Bonchev–Trinajstić information content (AvgIpc) is 2.47. The number of unbranched alkanes of at least 4 members (excludes halogenated alkanes) is 1.